The summed E-state index contributed by atoms with van der Waals surface area (Å²) < 4.78 is 0. The number of hydrogen-bond donors (Lipinski definition) is 2. The molecule has 3 saturated heterocycles. The number of H-pyrrole nitrogens is 1. The van der Waals surface area contributed by atoms with Gasteiger partial charge in [-0.1, -0.05) is 20.8 Å². The summed E-state index contributed by atoms with van der Waals surface area (Å²) in [6.45, 7) is 12.1. The number of amides is 3. The number of nitrogens with zero attached hydrogens (tertiary/aromatic N) is 3. The van der Waals surface area contributed by atoms with Crippen molar-refractivity contribution in [1.29, 1.82) is 0 Å². The summed E-state index contributed by atoms with van der Waals surface area (Å²) >= 11 is 0. The maximum atomic E-state index is 13.6. The van der Waals surface area contributed by atoms with Gasteiger partial charge in [-0.3, -0.25) is 14.4 Å². The highest BCUT2D eigenvalue weighted by atomic mass is 16.2. The molecule has 2 bridgehead atoms. The van der Waals surface area contributed by atoms with Crippen LogP contribution in [0, 0.1) is 37.5 Å². The zero-order valence-corrected chi connectivity index (χ0v) is 24.4. The van der Waals surface area contributed by atoms with E-state index in [-0.39, 0.29) is 53.2 Å². The van der Waals surface area contributed by atoms with Gasteiger partial charge < -0.3 is 20.1 Å². The highest BCUT2D eigenvalue weighted by molar-refractivity contribution is 5.78. The van der Waals surface area contributed by atoms with Crippen LogP contribution in [0.1, 0.15) is 89.1 Å². The number of aryl methyl sites for hydroxylation is 2. The van der Waals surface area contributed by atoms with Crippen LogP contribution in [-0.2, 0) is 20.8 Å². The molecule has 0 aliphatic carbocycles. The van der Waals surface area contributed by atoms with E-state index in [1.807, 2.05) is 18.7 Å². The molecule has 0 aromatic carbocycles. The minimum absolute atomic E-state index is 0.0684. The van der Waals surface area contributed by atoms with Gasteiger partial charge in [0.25, 0.3) is 0 Å². The van der Waals surface area contributed by atoms with Crippen molar-refractivity contribution >= 4 is 17.7 Å². The fraction of sp³-hybridized carbons (Fsp3) is 0.767. The quantitative estimate of drug-likeness (QED) is 0.608. The van der Waals surface area contributed by atoms with E-state index in [1.165, 1.54) is 0 Å². The Morgan fingerprint density at radius 2 is 1.85 bits per heavy atom. The Hall–Kier alpha value is -2.71. The van der Waals surface area contributed by atoms with E-state index in [2.05, 4.69) is 41.0 Å². The lowest BCUT2D eigenvalue weighted by molar-refractivity contribution is -0.146. The number of carbonyl (C=O) groups is 3. The second kappa shape index (κ2) is 12.6. The summed E-state index contributed by atoms with van der Waals surface area (Å²) in [5.74, 6) is 1.61. The molecule has 0 radical (unpaired) electrons. The normalized spacial score (nSPS) is 28.7. The number of fused-ring (bicyclic) bond motifs is 4. The molecule has 9 heteroatoms. The van der Waals surface area contributed by atoms with Crippen molar-refractivity contribution in [3.05, 3.63) is 27.4 Å². The average Bonchev–Trinajstić information content (AvgIpc) is 2.86. The van der Waals surface area contributed by atoms with Gasteiger partial charge in [-0.25, -0.2) is 4.79 Å². The molecule has 3 fully saturated rings. The number of carbonyl (C=O) groups excluding carboxylic acids is 3. The number of nitrogens with one attached hydrogen (secondary N) is 2. The number of likely N-dealkylation sites (tertiary alicyclic amines) is 1. The van der Waals surface area contributed by atoms with E-state index in [0.29, 0.717) is 56.9 Å². The topological polar surface area (TPSA) is 115 Å². The van der Waals surface area contributed by atoms with E-state index >= 15 is 0 Å². The van der Waals surface area contributed by atoms with Crippen molar-refractivity contribution in [1.82, 2.24) is 25.1 Å². The summed E-state index contributed by atoms with van der Waals surface area (Å²) in [7, 11) is 0. The highest BCUT2D eigenvalue weighted by Gasteiger charge is 2.43. The van der Waals surface area contributed by atoms with Crippen LogP contribution in [0.15, 0.2) is 4.79 Å². The standard InChI is InChI=1S/C30H47N5O4/c1-18(2)25-11-9-19(3)13-29(38)35-16-22-14-23(26(35)7-6-8-27(36)33-25)17-34(15-22)28(37)12-10-24-20(4)31-30(39)32-21(24)5/h18-19,22-23,25-26H,6-17H2,1-5H3,(H,33,36)(H,31,32,39)/t19-,22+,23+,25+,26+/m1/s1. The van der Waals surface area contributed by atoms with Crippen molar-refractivity contribution in [3.8, 4) is 0 Å². The van der Waals surface area contributed by atoms with Gasteiger partial charge in [0.2, 0.25) is 17.7 Å². The molecule has 1 aromatic rings. The third kappa shape index (κ3) is 7.28. The molecule has 39 heavy (non-hydrogen) atoms. The summed E-state index contributed by atoms with van der Waals surface area (Å²) in [4.78, 5) is 62.1. The molecule has 0 spiro atoms. The number of hydrogen-bond acceptors (Lipinski definition) is 5. The summed E-state index contributed by atoms with van der Waals surface area (Å²) in [5.41, 5.74) is 2.02. The van der Waals surface area contributed by atoms with Gasteiger partial charge in [0.1, 0.15) is 0 Å². The molecular formula is C30H47N5O4. The van der Waals surface area contributed by atoms with Crippen LogP contribution in [0.3, 0.4) is 0 Å². The first-order valence-electron chi connectivity index (χ1n) is 14.9. The van der Waals surface area contributed by atoms with Gasteiger partial charge in [0.05, 0.1) is 0 Å². The van der Waals surface area contributed by atoms with E-state index in [4.69, 9.17) is 0 Å². The van der Waals surface area contributed by atoms with Crippen LogP contribution in [0.25, 0.3) is 0 Å². The third-order valence-electron chi connectivity index (χ3n) is 9.23. The maximum absolute atomic E-state index is 13.6. The Bertz CT molecular complexity index is 1090. The van der Waals surface area contributed by atoms with Crippen LogP contribution in [0.2, 0.25) is 0 Å². The number of aromatic amines is 1. The Kier molecular flexibility index (Phi) is 9.49. The Labute approximate surface area is 232 Å². The Balaban J connectivity index is 1.44. The average molecular weight is 542 g/mol. The van der Waals surface area contributed by atoms with Gasteiger partial charge >= 0.3 is 5.69 Å². The second-order valence-electron chi connectivity index (χ2n) is 12.7. The number of piperidine rings is 2. The minimum atomic E-state index is -0.359. The van der Waals surface area contributed by atoms with Gasteiger partial charge in [-0.2, -0.15) is 4.98 Å². The fourth-order valence-electron chi connectivity index (χ4n) is 7.03. The van der Waals surface area contributed by atoms with Gasteiger partial charge in [0.15, 0.2) is 0 Å². The third-order valence-corrected chi connectivity index (χ3v) is 9.23. The molecule has 4 rings (SSSR count). The summed E-state index contributed by atoms with van der Waals surface area (Å²) in [6, 6.07) is 0.218. The minimum Gasteiger partial charge on any atom is -0.353 e. The fourth-order valence-corrected chi connectivity index (χ4v) is 7.03. The molecule has 1 aromatic heterocycles. The van der Waals surface area contributed by atoms with E-state index in [0.717, 1.165) is 43.4 Å². The van der Waals surface area contributed by atoms with E-state index in [1.54, 1.807) is 0 Å². The predicted octanol–water partition coefficient (Wildman–Crippen LogP) is 3.13. The van der Waals surface area contributed by atoms with Crippen molar-refractivity contribution in [2.24, 2.45) is 23.7 Å². The van der Waals surface area contributed by atoms with Gasteiger partial charge in [-0.15, -0.1) is 0 Å². The lowest BCUT2D eigenvalue weighted by Crippen LogP contribution is -2.60. The molecule has 216 valence electrons. The molecule has 5 atom stereocenters. The van der Waals surface area contributed by atoms with Gasteiger partial charge in [-0.05, 0) is 81.6 Å². The van der Waals surface area contributed by atoms with Crippen molar-refractivity contribution in [2.75, 3.05) is 19.6 Å². The van der Waals surface area contributed by atoms with Gasteiger partial charge in [0, 0.05) is 62.4 Å². The summed E-state index contributed by atoms with van der Waals surface area (Å²) in [5, 5.41) is 3.25. The lowest BCUT2D eigenvalue weighted by atomic mass is 9.77. The molecular weight excluding hydrogens is 494 g/mol. The van der Waals surface area contributed by atoms with E-state index < -0.39 is 0 Å². The number of rotatable bonds is 4. The van der Waals surface area contributed by atoms with E-state index in [9.17, 15) is 19.2 Å². The molecule has 9 nitrogen and oxygen atoms in total. The summed E-state index contributed by atoms with van der Waals surface area (Å²) in [6.07, 6.45) is 6.32. The van der Waals surface area contributed by atoms with Crippen LogP contribution in [0.4, 0.5) is 0 Å². The SMILES string of the molecule is Cc1nc(=O)[nH]c(C)c1CCC(=O)N1C[C@@H]2C[C@@H](C1)[C@@H]1CCCC(=O)N[C@H](C(C)C)CC[C@@H](C)CC(=O)N1C2. The van der Waals surface area contributed by atoms with Crippen molar-refractivity contribution in [3.63, 3.8) is 0 Å². The lowest BCUT2D eigenvalue weighted by Gasteiger charge is -2.51. The number of aromatic nitrogens is 2. The van der Waals surface area contributed by atoms with Crippen LogP contribution in [0.5, 0.6) is 0 Å². The maximum Gasteiger partial charge on any atom is 0.345 e. The molecule has 2 N–H and O–H groups in total. The molecule has 0 saturated carbocycles. The first-order chi connectivity index (χ1) is 18.5. The molecule has 0 unspecified atom stereocenters. The van der Waals surface area contributed by atoms with Crippen molar-refractivity contribution < 1.29 is 14.4 Å². The Morgan fingerprint density at radius 3 is 2.56 bits per heavy atom. The van der Waals surface area contributed by atoms with Crippen LogP contribution >= 0.6 is 0 Å². The Morgan fingerprint density at radius 1 is 1.08 bits per heavy atom. The highest BCUT2D eigenvalue weighted by Crippen LogP contribution is 2.37. The zero-order chi connectivity index (χ0) is 28.3. The largest absolute Gasteiger partial charge is 0.353 e. The molecule has 4 heterocycles. The molecule has 3 amide bonds. The zero-order valence-electron chi connectivity index (χ0n) is 24.4. The first kappa shape index (κ1) is 29.3. The van der Waals surface area contributed by atoms with Crippen LogP contribution in [-0.4, -0.2) is 69.2 Å². The second-order valence-corrected chi connectivity index (χ2v) is 12.7. The smallest absolute Gasteiger partial charge is 0.345 e. The van der Waals surface area contributed by atoms with Crippen molar-refractivity contribution in [2.45, 2.75) is 104 Å². The monoisotopic (exact) mass is 541 g/mol. The molecule has 3 aliphatic heterocycles. The molecule has 3 aliphatic rings. The van der Waals surface area contributed by atoms with Crippen LogP contribution < -0.4 is 11.0 Å². The predicted molar refractivity (Wildman–Crippen MR) is 150 cm³/mol. The first-order valence-corrected chi connectivity index (χ1v) is 14.9.